The molecule has 9 heteroatoms. The molecule has 112 valence electrons. The molecule has 0 saturated carbocycles. The Labute approximate surface area is 110 Å². The number of methoxy groups -OCH3 is 2. The average molecular weight is 299 g/mol. The Morgan fingerprint density at radius 3 is 2.35 bits per heavy atom. The largest absolute Gasteiger partial charge is 0.481 e. The third kappa shape index (κ3) is 3.55. The lowest BCUT2D eigenvalue weighted by Gasteiger charge is -2.15. The molecule has 0 aromatic carbocycles. The van der Waals surface area contributed by atoms with Crippen molar-refractivity contribution in [2.75, 3.05) is 14.2 Å². The number of hydrogen-bond donors (Lipinski definition) is 0. The minimum atomic E-state index is -5.05. The van der Waals surface area contributed by atoms with E-state index >= 15 is 0 Å². The zero-order chi connectivity index (χ0) is 15.5. The molecule has 0 radical (unpaired) electrons. The Hall–Kier alpha value is -1.93. The molecular weight excluding hydrogens is 289 g/mol. The van der Waals surface area contributed by atoms with Gasteiger partial charge in [-0.15, -0.1) is 0 Å². The molecule has 1 aromatic rings. The Balaban J connectivity index is 3.41. The fourth-order valence-corrected chi connectivity index (χ4v) is 1.48. The number of rotatable bonds is 4. The van der Waals surface area contributed by atoms with Gasteiger partial charge in [0.1, 0.15) is 0 Å². The molecule has 0 saturated heterocycles. The molecule has 0 aliphatic rings. The van der Waals surface area contributed by atoms with Gasteiger partial charge in [0, 0.05) is 11.1 Å². The predicted octanol–water partition coefficient (Wildman–Crippen LogP) is 2.76. The van der Waals surface area contributed by atoms with Crippen molar-refractivity contribution in [3.8, 4) is 5.88 Å². The summed E-state index contributed by atoms with van der Waals surface area (Å²) < 4.78 is 72.2. The number of hydrogen-bond acceptors (Lipinski definition) is 4. The molecule has 1 aromatic heterocycles. The van der Waals surface area contributed by atoms with Crippen LogP contribution in [0.25, 0.3) is 0 Å². The van der Waals surface area contributed by atoms with E-state index in [1.54, 1.807) is 0 Å². The molecule has 0 N–H and O–H groups in total. The number of ether oxygens (including phenoxy) is 2. The van der Waals surface area contributed by atoms with Crippen molar-refractivity contribution in [1.82, 2.24) is 4.98 Å². The van der Waals surface area contributed by atoms with E-state index in [4.69, 9.17) is 0 Å². The molecule has 0 aliphatic heterocycles. The second-order valence-corrected chi connectivity index (χ2v) is 3.65. The van der Waals surface area contributed by atoms with Crippen molar-refractivity contribution in [3.63, 3.8) is 0 Å². The normalized spacial score (nSPS) is 11.6. The quantitative estimate of drug-likeness (QED) is 0.633. The number of alkyl halides is 5. The lowest BCUT2D eigenvalue weighted by Crippen LogP contribution is -2.16. The van der Waals surface area contributed by atoms with Crippen LogP contribution in [-0.2, 0) is 22.1 Å². The molecule has 0 fully saturated rings. The second-order valence-electron chi connectivity index (χ2n) is 3.65. The highest BCUT2D eigenvalue weighted by Gasteiger charge is 2.39. The Kier molecular flexibility index (Phi) is 4.85. The van der Waals surface area contributed by atoms with Gasteiger partial charge in [-0.25, -0.2) is 13.8 Å². The summed E-state index contributed by atoms with van der Waals surface area (Å²) in [6.45, 7) is 0. The van der Waals surface area contributed by atoms with Gasteiger partial charge < -0.3 is 9.47 Å². The predicted molar refractivity (Wildman–Crippen MR) is 56.5 cm³/mol. The number of carbonyl (C=O) groups excluding carboxylic acids is 1. The van der Waals surface area contributed by atoms with E-state index in [1.807, 2.05) is 0 Å². The van der Waals surface area contributed by atoms with E-state index in [2.05, 4.69) is 14.5 Å². The van der Waals surface area contributed by atoms with E-state index in [0.717, 1.165) is 14.2 Å². The number of halogens is 5. The fraction of sp³-hybridized carbons (Fsp3) is 0.455. The maximum atomic E-state index is 12.7. The van der Waals surface area contributed by atoms with Crippen molar-refractivity contribution in [2.45, 2.75) is 19.0 Å². The van der Waals surface area contributed by atoms with Gasteiger partial charge in [0.2, 0.25) is 5.88 Å². The monoisotopic (exact) mass is 299 g/mol. The van der Waals surface area contributed by atoms with E-state index in [9.17, 15) is 26.7 Å². The van der Waals surface area contributed by atoms with Crippen LogP contribution in [0.4, 0.5) is 22.0 Å². The van der Waals surface area contributed by atoms with Gasteiger partial charge >= 0.3 is 12.1 Å². The van der Waals surface area contributed by atoms with Crippen molar-refractivity contribution >= 4 is 5.97 Å². The van der Waals surface area contributed by atoms with E-state index in [0.29, 0.717) is 6.07 Å². The summed E-state index contributed by atoms with van der Waals surface area (Å²) >= 11 is 0. The zero-order valence-corrected chi connectivity index (χ0v) is 10.4. The van der Waals surface area contributed by atoms with Crippen LogP contribution < -0.4 is 4.74 Å². The first-order chi connectivity index (χ1) is 9.20. The molecule has 1 heterocycles. The number of carbonyl (C=O) groups is 1. The van der Waals surface area contributed by atoms with Crippen molar-refractivity contribution < 1.29 is 36.2 Å². The molecular formula is C11H10F5NO3. The number of esters is 1. The van der Waals surface area contributed by atoms with Gasteiger partial charge in [0.15, 0.2) is 5.69 Å². The fourth-order valence-electron chi connectivity index (χ4n) is 1.48. The van der Waals surface area contributed by atoms with Crippen LogP contribution in [0, 0.1) is 0 Å². The maximum absolute atomic E-state index is 12.7. The number of aromatic nitrogens is 1. The Morgan fingerprint density at radius 1 is 1.35 bits per heavy atom. The summed E-state index contributed by atoms with van der Waals surface area (Å²) in [6, 6.07) is 0.552. The maximum Gasteiger partial charge on any atom is 0.433 e. The second kappa shape index (κ2) is 6.02. The SMILES string of the molecule is COC(=O)Cc1cc(C(F)F)c(C(F)(F)F)nc1OC. The average Bonchev–Trinajstić information content (AvgIpc) is 2.36. The minimum Gasteiger partial charge on any atom is -0.481 e. The molecule has 0 aliphatic carbocycles. The topological polar surface area (TPSA) is 48.4 Å². The molecule has 0 unspecified atom stereocenters. The first kappa shape index (κ1) is 16.1. The highest BCUT2D eigenvalue weighted by molar-refractivity contribution is 5.73. The molecule has 20 heavy (non-hydrogen) atoms. The van der Waals surface area contributed by atoms with Gasteiger partial charge in [-0.3, -0.25) is 4.79 Å². The summed E-state index contributed by atoms with van der Waals surface area (Å²) in [4.78, 5) is 14.1. The standard InChI is InChI=1S/C11H10F5NO3/c1-19-7(18)4-5-3-6(9(12)13)8(11(14,15)16)17-10(5)20-2/h3,9H,4H2,1-2H3. The lowest BCUT2D eigenvalue weighted by molar-refractivity contribution is -0.143. The van der Waals surface area contributed by atoms with Crippen LogP contribution in [0.1, 0.15) is 23.2 Å². The first-order valence-corrected chi connectivity index (χ1v) is 5.20. The molecule has 0 bridgehead atoms. The molecule has 4 nitrogen and oxygen atoms in total. The van der Waals surface area contributed by atoms with Crippen molar-refractivity contribution in [3.05, 3.63) is 22.9 Å². The van der Waals surface area contributed by atoms with Crippen LogP contribution in [0.3, 0.4) is 0 Å². The van der Waals surface area contributed by atoms with Gasteiger partial charge in [-0.05, 0) is 6.07 Å². The van der Waals surface area contributed by atoms with E-state index in [-0.39, 0.29) is 5.56 Å². The number of nitrogens with zero attached hydrogens (tertiary/aromatic N) is 1. The first-order valence-electron chi connectivity index (χ1n) is 5.20. The Morgan fingerprint density at radius 2 is 1.95 bits per heavy atom. The van der Waals surface area contributed by atoms with Gasteiger partial charge in [-0.1, -0.05) is 0 Å². The third-order valence-electron chi connectivity index (χ3n) is 2.35. The van der Waals surface area contributed by atoms with Crippen LogP contribution in [0.15, 0.2) is 6.07 Å². The third-order valence-corrected chi connectivity index (χ3v) is 2.35. The summed E-state index contributed by atoms with van der Waals surface area (Å²) in [7, 11) is 2.08. The summed E-state index contributed by atoms with van der Waals surface area (Å²) in [5.41, 5.74) is -3.25. The van der Waals surface area contributed by atoms with Crippen molar-refractivity contribution in [2.24, 2.45) is 0 Å². The smallest absolute Gasteiger partial charge is 0.433 e. The van der Waals surface area contributed by atoms with Gasteiger partial charge in [0.05, 0.1) is 20.6 Å². The minimum absolute atomic E-state index is 0.206. The summed E-state index contributed by atoms with van der Waals surface area (Å²) in [5, 5.41) is 0. The molecule has 0 atom stereocenters. The van der Waals surface area contributed by atoms with Gasteiger partial charge in [0.25, 0.3) is 6.43 Å². The van der Waals surface area contributed by atoms with Crippen LogP contribution in [-0.4, -0.2) is 25.2 Å². The van der Waals surface area contributed by atoms with Crippen molar-refractivity contribution in [1.29, 1.82) is 0 Å². The zero-order valence-electron chi connectivity index (χ0n) is 10.4. The van der Waals surface area contributed by atoms with Crippen LogP contribution in [0.2, 0.25) is 0 Å². The molecule has 1 rings (SSSR count). The molecule has 0 spiro atoms. The Bertz CT molecular complexity index is 502. The summed E-state index contributed by atoms with van der Waals surface area (Å²) in [5.74, 6) is -1.36. The lowest BCUT2D eigenvalue weighted by atomic mass is 10.1. The highest BCUT2D eigenvalue weighted by Crippen LogP contribution is 2.37. The van der Waals surface area contributed by atoms with Crippen LogP contribution in [0.5, 0.6) is 5.88 Å². The van der Waals surface area contributed by atoms with E-state index < -0.39 is 42.1 Å². The summed E-state index contributed by atoms with van der Waals surface area (Å²) in [6.07, 6.45) is -8.96. The van der Waals surface area contributed by atoms with Gasteiger partial charge in [-0.2, -0.15) is 13.2 Å². The number of pyridine rings is 1. The van der Waals surface area contributed by atoms with Crippen LogP contribution >= 0.6 is 0 Å². The van der Waals surface area contributed by atoms with E-state index in [1.165, 1.54) is 0 Å². The highest BCUT2D eigenvalue weighted by atomic mass is 19.4. The molecule has 0 amide bonds.